The normalized spacial score (nSPS) is 15.0. The van der Waals surface area contributed by atoms with Crippen LogP contribution in [0.5, 0.6) is 0 Å². The highest BCUT2D eigenvalue weighted by molar-refractivity contribution is 5.94. The van der Waals surface area contributed by atoms with Crippen LogP contribution in [0.15, 0.2) is 48.8 Å². The monoisotopic (exact) mass is 341 g/mol. The number of halogens is 1. The molecule has 130 valence electrons. The number of piperidine rings is 1. The number of hydrogen-bond acceptors (Lipinski definition) is 3. The second kappa shape index (κ2) is 7.88. The molecule has 0 atom stereocenters. The largest absolute Gasteiger partial charge is 0.349 e. The Morgan fingerprint density at radius 1 is 1.16 bits per heavy atom. The van der Waals surface area contributed by atoms with Gasteiger partial charge in [-0.15, -0.1) is 0 Å². The fourth-order valence-corrected chi connectivity index (χ4v) is 2.96. The zero-order chi connectivity index (χ0) is 17.6. The van der Waals surface area contributed by atoms with Crippen LogP contribution in [-0.2, 0) is 11.2 Å². The third-order valence-corrected chi connectivity index (χ3v) is 4.41. The summed E-state index contributed by atoms with van der Waals surface area (Å²) in [5.74, 6) is -0.583. The zero-order valence-corrected chi connectivity index (χ0v) is 13.8. The van der Waals surface area contributed by atoms with Gasteiger partial charge in [0.2, 0.25) is 5.91 Å². The van der Waals surface area contributed by atoms with Crippen LogP contribution < -0.4 is 5.32 Å². The van der Waals surface area contributed by atoms with Crippen molar-refractivity contribution in [3.63, 3.8) is 0 Å². The van der Waals surface area contributed by atoms with Gasteiger partial charge in [0.1, 0.15) is 5.82 Å². The van der Waals surface area contributed by atoms with Crippen molar-refractivity contribution in [1.82, 2.24) is 15.2 Å². The second-order valence-corrected chi connectivity index (χ2v) is 6.14. The first-order valence-corrected chi connectivity index (χ1v) is 8.35. The van der Waals surface area contributed by atoms with Gasteiger partial charge in [0.15, 0.2) is 0 Å². The summed E-state index contributed by atoms with van der Waals surface area (Å²) in [6.45, 7) is 1.12. The number of pyridine rings is 1. The van der Waals surface area contributed by atoms with Crippen LogP contribution >= 0.6 is 0 Å². The van der Waals surface area contributed by atoms with E-state index < -0.39 is 0 Å². The molecule has 3 rings (SSSR count). The van der Waals surface area contributed by atoms with Gasteiger partial charge in [-0.2, -0.15) is 0 Å². The molecular weight excluding hydrogens is 321 g/mol. The molecule has 0 radical (unpaired) electrons. The molecule has 0 saturated carbocycles. The molecule has 25 heavy (non-hydrogen) atoms. The van der Waals surface area contributed by atoms with E-state index in [1.54, 1.807) is 41.4 Å². The SMILES string of the molecule is O=C(NC1CCN(C(=O)Cc2ccccc2F)CC1)c1cccnc1. The molecular formula is C19H20FN3O2. The lowest BCUT2D eigenvalue weighted by molar-refractivity contribution is -0.131. The molecule has 0 unspecified atom stereocenters. The van der Waals surface area contributed by atoms with E-state index in [9.17, 15) is 14.0 Å². The summed E-state index contributed by atoms with van der Waals surface area (Å²) in [5.41, 5.74) is 0.945. The number of aromatic nitrogens is 1. The Morgan fingerprint density at radius 3 is 2.60 bits per heavy atom. The molecule has 1 saturated heterocycles. The number of likely N-dealkylation sites (tertiary alicyclic amines) is 1. The van der Waals surface area contributed by atoms with Crippen LogP contribution in [0.2, 0.25) is 0 Å². The van der Waals surface area contributed by atoms with E-state index in [0.29, 0.717) is 37.1 Å². The Balaban J connectivity index is 1.49. The van der Waals surface area contributed by atoms with Crippen molar-refractivity contribution >= 4 is 11.8 Å². The van der Waals surface area contributed by atoms with E-state index in [-0.39, 0.29) is 30.1 Å². The Kier molecular flexibility index (Phi) is 5.38. The van der Waals surface area contributed by atoms with E-state index in [1.165, 1.54) is 12.3 Å². The molecule has 0 bridgehead atoms. The standard InChI is InChI=1S/C19H20FN3O2/c20-17-6-2-1-4-14(17)12-18(24)23-10-7-16(8-11-23)22-19(25)15-5-3-9-21-13-15/h1-6,9,13,16H,7-8,10-12H2,(H,22,25). The summed E-state index contributed by atoms with van der Waals surface area (Å²) in [6, 6.07) is 9.81. The molecule has 5 nitrogen and oxygen atoms in total. The van der Waals surface area contributed by atoms with Gasteiger partial charge in [-0.1, -0.05) is 18.2 Å². The molecule has 0 aliphatic carbocycles. The van der Waals surface area contributed by atoms with E-state index in [2.05, 4.69) is 10.3 Å². The zero-order valence-electron chi connectivity index (χ0n) is 13.8. The Bertz CT molecular complexity index is 743. The third kappa shape index (κ3) is 4.41. The van der Waals surface area contributed by atoms with E-state index in [1.807, 2.05) is 0 Å². The summed E-state index contributed by atoms with van der Waals surface area (Å²) < 4.78 is 13.7. The van der Waals surface area contributed by atoms with Crippen LogP contribution in [0.1, 0.15) is 28.8 Å². The fourth-order valence-electron chi connectivity index (χ4n) is 2.96. The maximum absolute atomic E-state index is 13.7. The summed E-state index contributed by atoms with van der Waals surface area (Å²) >= 11 is 0. The summed E-state index contributed by atoms with van der Waals surface area (Å²) in [7, 11) is 0. The lowest BCUT2D eigenvalue weighted by Gasteiger charge is -2.32. The number of carbonyl (C=O) groups excluding carboxylic acids is 2. The minimum absolute atomic E-state index is 0.0326. The van der Waals surface area contributed by atoms with Crippen LogP contribution in [-0.4, -0.2) is 40.8 Å². The smallest absolute Gasteiger partial charge is 0.253 e. The lowest BCUT2D eigenvalue weighted by Crippen LogP contribution is -2.47. The first-order chi connectivity index (χ1) is 12.1. The summed E-state index contributed by atoms with van der Waals surface area (Å²) in [4.78, 5) is 30.1. The molecule has 2 amide bonds. The first-order valence-electron chi connectivity index (χ1n) is 8.35. The molecule has 1 aromatic carbocycles. The highest BCUT2D eigenvalue weighted by atomic mass is 19.1. The van der Waals surface area contributed by atoms with Gasteiger partial charge in [-0.25, -0.2) is 4.39 Å². The maximum Gasteiger partial charge on any atom is 0.253 e. The first kappa shape index (κ1) is 17.1. The minimum Gasteiger partial charge on any atom is -0.349 e. The van der Waals surface area contributed by atoms with E-state index >= 15 is 0 Å². The molecule has 1 aromatic heterocycles. The third-order valence-electron chi connectivity index (χ3n) is 4.41. The number of rotatable bonds is 4. The fraction of sp³-hybridized carbons (Fsp3) is 0.316. The van der Waals surface area contributed by atoms with Crippen molar-refractivity contribution in [3.8, 4) is 0 Å². The van der Waals surface area contributed by atoms with Crippen LogP contribution in [0.25, 0.3) is 0 Å². The molecule has 6 heteroatoms. The van der Waals surface area contributed by atoms with Crippen molar-refractivity contribution in [1.29, 1.82) is 0 Å². The predicted octanol–water partition coefficient (Wildman–Crippen LogP) is 2.18. The Hall–Kier alpha value is -2.76. The molecule has 1 aliphatic rings. The van der Waals surface area contributed by atoms with Crippen molar-refractivity contribution in [3.05, 3.63) is 65.7 Å². The lowest BCUT2D eigenvalue weighted by atomic mass is 10.0. The molecule has 1 N–H and O–H groups in total. The predicted molar refractivity (Wildman–Crippen MR) is 91.4 cm³/mol. The van der Waals surface area contributed by atoms with Crippen molar-refractivity contribution in [2.45, 2.75) is 25.3 Å². The Labute approximate surface area is 145 Å². The van der Waals surface area contributed by atoms with Crippen LogP contribution in [0, 0.1) is 5.82 Å². The quantitative estimate of drug-likeness (QED) is 0.927. The average Bonchev–Trinajstić information content (AvgIpc) is 2.65. The Morgan fingerprint density at radius 2 is 1.92 bits per heavy atom. The van der Waals surface area contributed by atoms with Crippen molar-refractivity contribution < 1.29 is 14.0 Å². The average molecular weight is 341 g/mol. The number of hydrogen-bond donors (Lipinski definition) is 1. The van der Waals surface area contributed by atoms with Gasteiger partial charge in [0.25, 0.3) is 5.91 Å². The topological polar surface area (TPSA) is 62.3 Å². The van der Waals surface area contributed by atoms with Crippen molar-refractivity contribution in [2.75, 3.05) is 13.1 Å². The second-order valence-electron chi connectivity index (χ2n) is 6.14. The van der Waals surface area contributed by atoms with Gasteiger partial charge < -0.3 is 10.2 Å². The highest BCUT2D eigenvalue weighted by Crippen LogP contribution is 2.14. The van der Waals surface area contributed by atoms with Crippen molar-refractivity contribution in [2.24, 2.45) is 0 Å². The van der Waals surface area contributed by atoms with Gasteiger partial charge in [0, 0.05) is 31.5 Å². The molecule has 1 fully saturated rings. The molecule has 2 heterocycles. The van der Waals surface area contributed by atoms with Crippen LogP contribution in [0.3, 0.4) is 0 Å². The number of amides is 2. The van der Waals surface area contributed by atoms with Gasteiger partial charge in [0.05, 0.1) is 12.0 Å². The van der Waals surface area contributed by atoms with E-state index in [4.69, 9.17) is 0 Å². The molecule has 1 aliphatic heterocycles. The van der Waals surface area contributed by atoms with Gasteiger partial charge in [-0.05, 0) is 36.6 Å². The minimum atomic E-state index is -0.352. The number of nitrogens with one attached hydrogen (secondary N) is 1. The van der Waals surface area contributed by atoms with Gasteiger partial charge in [-0.3, -0.25) is 14.6 Å². The van der Waals surface area contributed by atoms with Crippen LogP contribution in [0.4, 0.5) is 4.39 Å². The number of benzene rings is 1. The summed E-state index contributed by atoms with van der Waals surface area (Å²) in [6.07, 6.45) is 4.60. The molecule has 2 aromatic rings. The maximum atomic E-state index is 13.7. The van der Waals surface area contributed by atoms with Gasteiger partial charge >= 0.3 is 0 Å². The highest BCUT2D eigenvalue weighted by Gasteiger charge is 2.24. The molecule has 0 spiro atoms. The number of nitrogens with zero attached hydrogens (tertiary/aromatic N) is 2. The van der Waals surface area contributed by atoms with E-state index in [0.717, 1.165) is 0 Å². The number of carbonyl (C=O) groups is 2. The summed E-state index contributed by atoms with van der Waals surface area (Å²) in [5, 5.41) is 2.98.